The molecule has 2 unspecified atom stereocenters. The van der Waals surface area contributed by atoms with Gasteiger partial charge in [0.2, 0.25) is 5.88 Å². The second kappa shape index (κ2) is 7.42. The molecule has 0 bridgehead atoms. The molecule has 1 N–H and O–H groups in total. The molecule has 3 aromatic rings. The van der Waals surface area contributed by atoms with Gasteiger partial charge in [-0.1, -0.05) is 44.2 Å². The van der Waals surface area contributed by atoms with E-state index in [1.807, 2.05) is 30.3 Å². The van der Waals surface area contributed by atoms with Crippen LogP contribution in [-0.4, -0.2) is 23.3 Å². The molecule has 1 aromatic heterocycles. The molecule has 0 saturated carbocycles. The van der Waals surface area contributed by atoms with E-state index < -0.39 is 6.10 Å². The molecule has 1 heterocycles. The summed E-state index contributed by atoms with van der Waals surface area (Å²) in [6.07, 6.45) is -0.508. The molecule has 0 saturated heterocycles. The van der Waals surface area contributed by atoms with Gasteiger partial charge >= 0.3 is 0 Å². The number of nitrogens with zero attached hydrogens (tertiary/aromatic N) is 1. The fourth-order valence-electron chi connectivity index (χ4n) is 3.60. The van der Waals surface area contributed by atoms with Crippen molar-refractivity contribution in [1.29, 1.82) is 0 Å². The predicted octanol–water partition coefficient (Wildman–Crippen LogP) is 5.17. The molecule has 0 aliphatic carbocycles. The zero-order valence-corrected chi connectivity index (χ0v) is 15.5. The minimum Gasteiger partial charge on any atom is -0.481 e. The summed E-state index contributed by atoms with van der Waals surface area (Å²) in [6, 6.07) is 14.5. The summed E-state index contributed by atoms with van der Waals surface area (Å²) in [5.41, 5.74) is 2.42. The molecule has 2 aromatic carbocycles. The Morgan fingerprint density at radius 2 is 1.81 bits per heavy atom. The summed E-state index contributed by atoms with van der Waals surface area (Å²) in [4.78, 5) is 4.63. The number of fused-ring (bicyclic) bond motifs is 1. The third-order valence-electron chi connectivity index (χ3n) is 4.80. The molecular formula is C22H24FNO2. The number of aliphatic hydroxyl groups is 1. The first-order valence-corrected chi connectivity index (χ1v) is 8.84. The van der Waals surface area contributed by atoms with Crippen molar-refractivity contribution in [2.45, 2.75) is 32.8 Å². The highest BCUT2D eigenvalue weighted by atomic mass is 19.1. The van der Waals surface area contributed by atoms with E-state index in [0.717, 1.165) is 16.5 Å². The Morgan fingerprint density at radius 1 is 1.04 bits per heavy atom. The number of pyridine rings is 1. The molecule has 26 heavy (non-hydrogen) atoms. The average molecular weight is 353 g/mol. The van der Waals surface area contributed by atoms with Crippen molar-refractivity contribution in [3.05, 3.63) is 59.9 Å². The Hall–Kier alpha value is -2.46. The lowest BCUT2D eigenvalue weighted by atomic mass is 9.84. The van der Waals surface area contributed by atoms with Crippen LogP contribution in [0.3, 0.4) is 0 Å². The fraction of sp³-hybridized carbons (Fsp3) is 0.318. The average Bonchev–Trinajstić information content (AvgIpc) is 2.61. The van der Waals surface area contributed by atoms with Crippen molar-refractivity contribution >= 4 is 10.8 Å². The van der Waals surface area contributed by atoms with Crippen LogP contribution in [0.25, 0.3) is 22.0 Å². The zero-order chi connectivity index (χ0) is 18.8. The normalized spacial score (nSPS) is 13.8. The Labute approximate surface area is 153 Å². The summed E-state index contributed by atoms with van der Waals surface area (Å²) >= 11 is 0. The van der Waals surface area contributed by atoms with Crippen LogP contribution in [-0.2, 0) is 0 Å². The van der Waals surface area contributed by atoms with Gasteiger partial charge in [0.25, 0.3) is 0 Å². The first-order chi connectivity index (χ1) is 12.4. The molecule has 2 atom stereocenters. The summed E-state index contributed by atoms with van der Waals surface area (Å²) in [7, 11) is 1.58. The lowest BCUT2D eigenvalue weighted by molar-refractivity contribution is 0.138. The molecule has 3 rings (SSSR count). The van der Waals surface area contributed by atoms with Crippen LogP contribution in [0.15, 0.2) is 48.5 Å². The Bertz CT molecular complexity index is 913. The highest BCUT2D eigenvalue weighted by Crippen LogP contribution is 2.35. The maximum Gasteiger partial charge on any atom is 0.217 e. The maximum atomic E-state index is 14.1. The number of hydrogen-bond donors (Lipinski definition) is 1. The first-order valence-electron chi connectivity index (χ1n) is 8.84. The van der Waals surface area contributed by atoms with Gasteiger partial charge in [-0.15, -0.1) is 0 Å². The van der Waals surface area contributed by atoms with Gasteiger partial charge in [-0.3, -0.25) is 0 Å². The smallest absolute Gasteiger partial charge is 0.217 e. The number of benzene rings is 2. The minimum absolute atomic E-state index is 0.0689. The third-order valence-corrected chi connectivity index (χ3v) is 4.80. The fourth-order valence-corrected chi connectivity index (χ4v) is 3.60. The lowest BCUT2D eigenvalue weighted by Crippen LogP contribution is -2.21. The molecule has 0 aliphatic heterocycles. The first kappa shape index (κ1) is 18.3. The van der Waals surface area contributed by atoms with Gasteiger partial charge in [0.05, 0.1) is 18.9 Å². The number of ether oxygens (including phenoxy) is 1. The van der Waals surface area contributed by atoms with Crippen LogP contribution in [0.1, 0.15) is 32.3 Å². The molecule has 0 radical (unpaired) electrons. The van der Waals surface area contributed by atoms with E-state index in [2.05, 4.69) is 18.8 Å². The maximum absolute atomic E-state index is 14.1. The minimum atomic E-state index is -0.508. The Morgan fingerprint density at radius 3 is 2.46 bits per heavy atom. The van der Waals surface area contributed by atoms with E-state index in [0.29, 0.717) is 17.0 Å². The number of aromatic nitrogens is 1. The molecule has 0 spiro atoms. The largest absolute Gasteiger partial charge is 0.481 e. The molecular weight excluding hydrogens is 329 g/mol. The van der Waals surface area contributed by atoms with Crippen LogP contribution in [0.5, 0.6) is 5.88 Å². The third kappa shape index (κ3) is 3.42. The van der Waals surface area contributed by atoms with Crippen molar-refractivity contribution in [1.82, 2.24) is 4.98 Å². The van der Waals surface area contributed by atoms with Gasteiger partial charge in [-0.25, -0.2) is 9.37 Å². The monoisotopic (exact) mass is 353 g/mol. The number of rotatable bonds is 5. The highest BCUT2D eigenvalue weighted by Gasteiger charge is 2.25. The summed E-state index contributed by atoms with van der Waals surface area (Å²) in [5, 5.41) is 11.6. The number of aliphatic hydroxyl groups excluding tert-OH is 1. The number of hydrogen-bond acceptors (Lipinski definition) is 3. The van der Waals surface area contributed by atoms with Crippen LogP contribution in [0.2, 0.25) is 0 Å². The van der Waals surface area contributed by atoms with E-state index in [1.54, 1.807) is 26.2 Å². The van der Waals surface area contributed by atoms with E-state index >= 15 is 0 Å². The molecule has 4 heteroatoms. The zero-order valence-electron chi connectivity index (χ0n) is 15.5. The van der Waals surface area contributed by atoms with Gasteiger partial charge in [-0.05, 0) is 36.4 Å². The van der Waals surface area contributed by atoms with Crippen LogP contribution in [0.4, 0.5) is 4.39 Å². The van der Waals surface area contributed by atoms with Crippen molar-refractivity contribution in [3.8, 4) is 17.1 Å². The van der Waals surface area contributed by atoms with E-state index in [-0.39, 0.29) is 17.7 Å². The van der Waals surface area contributed by atoms with Gasteiger partial charge in [0.15, 0.2) is 0 Å². The van der Waals surface area contributed by atoms with Crippen LogP contribution < -0.4 is 4.74 Å². The van der Waals surface area contributed by atoms with Crippen molar-refractivity contribution < 1.29 is 14.2 Å². The number of methoxy groups -OCH3 is 1. The van der Waals surface area contributed by atoms with Crippen LogP contribution >= 0.6 is 0 Å². The van der Waals surface area contributed by atoms with Crippen LogP contribution in [0, 0.1) is 11.7 Å². The molecule has 3 nitrogen and oxygen atoms in total. The van der Waals surface area contributed by atoms with E-state index in [1.165, 1.54) is 6.07 Å². The van der Waals surface area contributed by atoms with E-state index in [4.69, 9.17) is 4.74 Å². The molecule has 136 valence electrons. The van der Waals surface area contributed by atoms with E-state index in [9.17, 15) is 9.50 Å². The van der Waals surface area contributed by atoms with Gasteiger partial charge in [0.1, 0.15) is 5.82 Å². The van der Waals surface area contributed by atoms with Gasteiger partial charge < -0.3 is 9.84 Å². The highest BCUT2D eigenvalue weighted by molar-refractivity contribution is 5.87. The SMILES string of the molecule is COc1nc(-c2ccc3cccc(F)c3c2)ccc1C(C(C)C)C(C)O. The second-order valence-corrected chi connectivity index (χ2v) is 6.98. The topological polar surface area (TPSA) is 42.4 Å². The summed E-state index contributed by atoms with van der Waals surface area (Å²) in [6.45, 7) is 5.91. The van der Waals surface area contributed by atoms with Gasteiger partial charge in [-0.2, -0.15) is 0 Å². The van der Waals surface area contributed by atoms with Gasteiger partial charge in [0, 0.05) is 22.4 Å². The molecule has 0 amide bonds. The molecule has 0 aliphatic rings. The Kier molecular flexibility index (Phi) is 5.23. The Balaban J connectivity index is 2.08. The lowest BCUT2D eigenvalue weighted by Gasteiger charge is -2.25. The number of halogens is 1. The standard InChI is InChI=1S/C22H24FNO2/c1-13(2)21(14(3)25)17-10-11-20(24-22(17)26-4)16-9-8-15-6-5-7-19(23)18(15)12-16/h5-14,21,25H,1-4H3. The van der Waals surface area contributed by atoms with Crippen molar-refractivity contribution in [3.63, 3.8) is 0 Å². The summed E-state index contributed by atoms with van der Waals surface area (Å²) in [5.74, 6) is 0.421. The quantitative estimate of drug-likeness (QED) is 0.688. The van der Waals surface area contributed by atoms with Crippen molar-refractivity contribution in [2.24, 2.45) is 5.92 Å². The second-order valence-electron chi connectivity index (χ2n) is 6.98. The summed E-state index contributed by atoms with van der Waals surface area (Å²) < 4.78 is 19.6. The van der Waals surface area contributed by atoms with Crippen molar-refractivity contribution in [2.75, 3.05) is 7.11 Å². The molecule has 0 fully saturated rings. The predicted molar refractivity (Wildman–Crippen MR) is 103 cm³/mol.